The Bertz CT molecular complexity index is 1130. The number of nitrogens with zero attached hydrogens (tertiary/aromatic N) is 5. The van der Waals surface area contributed by atoms with Gasteiger partial charge in [0.1, 0.15) is 11.6 Å². The first-order chi connectivity index (χ1) is 15.7. The molecule has 0 saturated carbocycles. The maximum absolute atomic E-state index is 5.56. The van der Waals surface area contributed by atoms with Gasteiger partial charge in [0.05, 0.1) is 23.9 Å². The molecule has 0 atom stereocenters. The number of nitrogens with one attached hydrogen (secondary N) is 1. The predicted octanol–water partition coefficient (Wildman–Crippen LogP) is 5.58. The average Bonchev–Trinajstić information content (AvgIpc) is 3.25. The van der Waals surface area contributed by atoms with Gasteiger partial charge >= 0.3 is 0 Å². The summed E-state index contributed by atoms with van der Waals surface area (Å²) < 4.78 is 7.44. The zero-order valence-electron chi connectivity index (χ0n) is 19.0. The Morgan fingerprint density at radius 3 is 2.28 bits per heavy atom. The molecule has 2 aromatic carbocycles. The normalized spacial score (nSPS) is 11.0. The van der Waals surface area contributed by atoms with E-state index >= 15 is 0 Å². The molecule has 7 nitrogen and oxygen atoms in total. The maximum atomic E-state index is 5.56. The summed E-state index contributed by atoms with van der Waals surface area (Å²) in [6, 6.07) is 18.0. The number of hydrogen-bond acceptors (Lipinski definition) is 6. The zero-order valence-corrected chi connectivity index (χ0v) is 19.0. The van der Waals surface area contributed by atoms with Crippen LogP contribution in [0, 0.1) is 0 Å². The van der Waals surface area contributed by atoms with E-state index in [1.54, 1.807) is 0 Å². The molecule has 0 bridgehead atoms. The molecule has 0 fully saturated rings. The molecule has 2 aromatic heterocycles. The van der Waals surface area contributed by atoms with E-state index in [9.17, 15) is 0 Å². The molecular formula is C25H30N6O. The first-order valence-corrected chi connectivity index (χ1v) is 11.3. The monoisotopic (exact) mass is 430 g/mol. The highest BCUT2D eigenvalue weighted by atomic mass is 16.5. The van der Waals surface area contributed by atoms with Crippen molar-refractivity contribution in [3.63, 3.8) is 0 Å². The number of rotatable bonds is 10. The van der Waals surface area contributed by atoms with Crippen molar-refractivity contribution in [3.8, 4) is 11.4 Å². The molecule has 32 heavy (non-hydrogen) atoms. The van der Waals surface area contributed by atoms with Crippen LogP contribution in [0.5, 0.6) is 5.75 Å². The molecule has 0 aliphatic carbocycles. The van der Waals surface area contributed by atoms with Crippen LogP contribution in [0.4, 0.5) is 17.5 Å². The summed E-state index contributed by atoms with van der Waals surface area (Å²) in [7, 11) is 0. The molecule has 4 rings (SSSR count). The Hall–Kier alpha value is -3.61. The van der Waals surface area contributed by atoms with Crippen LogP contribution in [0.1, 0.15) is 33.6 Å². The molecule has 0 aliphatic heterocycles. The molecule has 0 amide bonds. The Morgan fingerprint density at radius 2 is 1.62 bits per heavy atom. The molecule has 0 unspecified atom stereocenters. The lowest BCUT2D eigenvalue weighted by atomic mass is 10.3. The Kier molecular flexibility index (Phi) is 6.84. The highest BCUT2D eigenvalue weighted by Crippen LogP contribution is 2.29. The molecule has 0 spiro atoms. The van der Waals surface area contributed by atoms with Crippen LogP contribution >= 0.6 is 0 Å². The number of para-hydroxylation sites is 1. The summed E-state index contributed by atoms with van der Waals surface area (Å²) in [6.07, 6.45) is 3.88. The smallest absolute Gasteiger partial charge is 0.229 e. The second-order valence-electron chi connectivity index (χ2n) is 7.57. The lowest BCUT2D eigenvalue weighted by Crippen LogP contribution is -2.27. The van der Waals surface area contributed by atoms with E-state index < -0.39 is 0 Å². The SMILES string of the molecule is CCCN(CCC)c1nc(Nc2ccc(OCC)cc2)c2cnn(-c3ccccc3)c2n1. The van der Waals surface area contributed by atoms with Gasteiger partial charge in [0, 0.05) is 18.8 Å². The van der Waals surface area contributed by atoms with E-state index in [2.05, 4.69) is 29.2 Å². The minimum Gasteiger partial charge on any atom is -0.494 e. The van der Waals surface area contributed by atoms with Crippen LogP contribution < -0.4 is 15.0 Å². The number of hydrogen-bond donors (Lipinski definition) is 1. The van der Waals surface area contributed by atoms with Crippen molar-refractivity contribution >= 4 is 28.5 Å². The van der Waals surface area contributed by atoms with Gasteiger partial charge in [0.2, 0.25) is 5.95 Å². The third-order valence-electron chi connectivity index (χ3n) is 5.12. The van der Waals surface area contributed by atoms with Gasteiger partial charge in [0.15, 0.2) is 5.65 Å². The number of benzene rings is 2. The van der Waals surface area contributed by atoms with Crippen molar-refractivity contribution < 1.29 is 4.74 Å². The fraction of sp³-hybridized carbons (Fsp3) is 0.320. The van der Waals surface area contributed by atoms with Gasteiger partial charge < -0.3 is 15.0 Å². The zero-order chi connectivity index (χ0) is 22.3. The molecule has 2 heterocycles. The van der Waals surface area contributed by atoms with Crippen LogP contribution in [0.15, 0.2) is 60.8 Å². The van der Waals surface area contributed by atoms with Crippen molar-refractivity contribution in [2.24, 2.45) is 0 Å². The summed E-state index contributed by atoms with van der Waals surface area (Å²) in [4.78, 5) is 12.1. The summed E-state index contributed by atoms with van der Waals surface area (Å²) >= 11 is 0. The number of aromatic nitrogens is 4. The van der Waals surface area contributed by atoms with Crippen LogP contribution in [0.2, 0.25) is 0 Å². The summed E-state index contributed by atoms with van der Waals surface area (Å²) in [5.41, 5.74) is 2.69. The van der Waals surface area contributed by atoms with Gasteiger partial charge in [-0.15, -0.1) is 0 Å². The van der Waals surface area contributed by atoms with E-state index in [-0.39, 0.29) is 0 Å². The second kappa shape index (κ2) is 10.1. The lowest BCUT2D eigenvalue weighted by Gasteiger charge is -2.22. The quantitative estimate of drug-likeness (QED) is 0.354. The molecular weight excluding hydrogens is 400 g/mol. The fourth-order valence-electron chi connectivity index (χ4n) is 3.68. The van der Waals surface area contributed by atoms with E-state index in [0.29, 0.717) is 12.6 Å². The highest BCUT2D eigenvalue weighted by Gasteiger charge is 2.17. The molecule has 1 N–H and O–H groups in total. The Balaban J connectivity index is 1.80. The van der Waals surface area contributed by atoms with Crippen LogP contribution in [-0.2, 0) is 0 Å². The van der Waals surface area contributed by atoms with E-state index in [4.69, 9.17) is 14.7 Å². The third-order valence-corrected chi connectivity index (χ3v) is 5.12. The van der Waals surface area contributed by atoms with Crippen molar-refractivity contribution in [2.75, 3.05) is 29.9 Å². The third kappa shape index (κ3) is 4.66. The van der Waals surface area contributed by atoms with Gasteiger partial charge in [-0.1, -0.05) is 32.0 Å². The Morgan fingerprint density at radius 1 is 0.906 bits per heavy atom. The minimum atomic E-state index is 0.645. The van der Waals surface area contributed by atoms with Crippen molar-refractivity contribution in [2.45, 2.75) is 33.6 Å². The minimum absolute atomic E-state index is 0.645. The number of ether oxygens (including phenoxy) is 1. The molecule has 4 aromatic rings. The standard InChI is InChI=1S/C25H30N6O/c1-4-16-30(17-5-2)25-28-23(27-19-12-14-21(15-13-19)32-6-3)22-18-26-31(24(22)29-25)20-10-8-7-9-11-20/h7-15,18H,4-6,16-17H2,1-3H3,(H,27,28,29). The Labute approximate surface area is 189 Å². The first-order valence-electron chi connectivity index (χ1n) is 11.3. The average molecular weight is 431 g/mol. The summed E-state index contributed by atoms with van der Waals surface area (Å²) in [5.74, 6) is 2.31. The number of fused-ring (bicyclic) bond motifs is 1. The lowest BCUT2D eigenvalue weighted by molar-refractivity contribution is 0.340. The second-order valence-corrected chi connectivity index (χ2v) is 7.57. The molecule has 0 saturated heterocycles. The van der Waals surface area contributed by atoms with Gasteiger partial charge in [-0.2, -0.15) is 15.1 Å². The highest BCUT2D eigenvalue weighted by molar-refractivity contribution is 5.90. The maximum Gasteiger partial charge on any atom is 0.229 e. The van der Waals surface area contributed by atoms with Gasteiger partial charge in [-0.25, -0.2) is 4.68 Å². The van der Waals surface area contributed by atoms with E-state index in [0.717, 1.165) is 59.9 Å². The summed E-state index contributed by atoms with van der Waals surface area (Å²) in [6.45, 7) is 8.78. The van der Waals surface area contributed by atoms with E-state index in [1.807, 2.05) is 72.4 Å². The van der Waals surface area contributed by atoms with Crippen molar-refractivity contribution in [1.29, 1.82) is 0 Å². The molecule has 166 valence electrons. The van der Waals surface area contributed by atoms with Crippen LogP contribution in [0.3, 0.4) is 0 Å². The van der Waals surface area contributed by atoms with Crippen molar-refractivity contribution in [3.05, 3.63) is 60.8 Å². The molecule has 7 heteroatoms. The van der Waals surface area contributed by atoms with Crippen LogP contribution in [-0.4, -0.2) is 39.4 Å². The fourth-order valence-corrected chi connectivity index (χ4v) is 3.68. The van der Waals surface area contributed by atoms with Gasteiger partial charge in [-0.05, 0) is 56.2 Å². The van der Waals surface area contributed by atoms with Crippen LogP contribution in [0.25, 0.3) is 16.7 Å². The largest absolute Gasteiger partial charge is 0.494 e. The van der Waals surface area contributed by atoms with Gasteiger partial charge in [-0.3, -0.25) is 0 Å². The topological polar surface area (TPSA) is 68.1 Å². The van der Waals surface area contributed by atoms with Crippen molar-refractivity contribution in [1.82, 2.24) is 19.7 Å². The predicted molar refractivity (Wildman–Crippen MR) is 130 cm³/mol. The summed E-state index contributed by atoms with van der Waals surface area (Å²) in [5, 5.41) is 8.98. The van der Waals surface area contributed by atoms with E-state index in [1.165, 1.54) is 0 Å². The van der Waals surface area contributed by atoms with Gasteiger partial charge in [0.25, 0.3) is 0 Å². The first kappa shape index (κ1) is 21.6. The molecule has 0 aliphatic rings. The molecule has 0 radical (unpaired) electrons. The number of anilines is 3.